The summed E-state index contributed by atoms with van der Waals surface area (Å²) in [6.07, 6.45) is 6.77. The molecular formula is C22H22N2O. The molecule has 0 bridgehead atoms. The van der Waals surface area contributed by atoms with Crippen LogP contribution in [0.15, 0.2) is 66.3 Å². The first-order valence-electron chi connectivity index (χ1n) is 8.45. The summed E-state index contributed by atoms with van der Waals surface area (Å²) >= 11 is 0. The number of rotatable bonds is 6. The van der Waals surface area contributed by atoms with Crippen molar-refractivity contribution in [3.05, 3.63) is 82.9 Å². The van der Waals surface area contributed by atoms with Crippen molar-refractivity contribution in [3.8, 4) is 6.07 Å². The van der Waals surface area contributed by atoms with Crippen molar-refractivity contribution in [2.75, 3.05) is 5.32 Å². The van der Waals surface area contributed by atoms with Crippen LogP contribution in [-0.4, -0.2) is 5.91 Å². The van der Waals surface area contributed by atoms with Crippen molar-refractivity contribution < 1.29 is 4.79 Å². The van der Waals surface area contributed by atoms with Crippen LogP contribution in [0.25, 0.3) is 6.08 Å². The molecule has 1 N–H and O–H groups in total. The largest absolute Gasteiger partial charge is 0.321 e. The Hall–Kier alpha value is -3.12. The maximum Gasteiger partial charge on any atom is 0.266 e. The van der Waals surface area contributed by atoms with Gasteiger partial charge in [0.2, 0.25) is 0 Å². The van der Waals surface area contributed by atoms with Crippen molar-refractivity contribution in [3.63, 3.8) is 0 Å². The monoisotopic (exact) mass is 330 g/mol. The van der Waals surface area contributed by atoms with Crippen LogP contribution in [0.1, 0.15) is 30.5 Å². The van der Waals surface area contributed by atoms with Crippen LogP contribution >= 0.6 is 0 Å². The lowest BCUT2D eigenvalue weighted by Crippen LogP contribution is -2.16. The van der Waals surface area contributed by atoms with Gasteiger partial charge >= 0.3 is 0 Å². The summed E-state index contributed by atoms with van der Waals surface area (Å²) in [6.45, 7) is 4.10. The number of carbonyl (C=O) groups excluding carboxylic acids is 1. The number of para-hydroxylation sites is 1. The topological polar surface area (TPSA) is 52.9 Å². The second-order valence-corrected chi connectivity index (χ2v) is 5.57. The fourth-order valence-corrected chi connectivity index (χ4v) is 2.57. The quantitative estimate of drug-likeness (QED) is 0.464. The number of benzene rings is 2. The van der Waals surface area contributed by atoms with Crippen LogP contribution in [-0.2, 0) is 17.6 Å². The molecule has 25 heavy (non-hydrogen) atoms. The van der Waals surface area contributed by atoms with E-state index in [0.717, 1.165) is 35.2 Å². The lowest BCUT2D eigenvalue weighted by Gasteiger charge is -2.13. The van der Waals surface area contributed by atoms with Gasteiger partial charge in [0.15, 0.2) is 0 Å². The zero-order valence-electron chi connectivity index (χ0n) is 14.6. The fourth-order valence-electron chi connectivity index (χ4n) is 2.57. The average Bonchev–Trinajstić information content (AvgIpc) is 2.66. The number of carbonyl (C=O) groups is 1. The van der Waals surface area contributed by atoms with Gasteiger partial charge in [0.05, 0.1) is 0 Å². The van der Waals surface area contributed by atoms with E-state index in [1.807, 2.05) is 74.5 Å². The van der Waals surface area contributed by atoms with E-state index in [2.05, 4.69) is 5.32 Å². The van der Waals surface area contributed by atoms with Crippen molar-refractivity contribution >= 4 is 17.7 Å². The zero-order chi connectivity index (χ0) is 18.1. The molecule has 0 fully saturated rings. The van der Waals surface area contributed by atoms with E-state index < -0.39 is 0 Å². The van der Waals surface area contributed by atoms with Crippen molar-refractivity contribution in [2.45, 2.75) is 26.7 Å². The third-order valence-corrected chi connectivity index (χ3v) is 3.95. The molecule has 0 unspecified atom stereocenters. The Labute approximate surface area is 149 Å². The molecule has 2 aromatic carbocycles. The number of allylic oxidation sites excluding steroid dienone is 2. The van der Waals surface area contributed by atoms with Crippen molar-refractivity contribution in [1.82, 2.24) is 0 Å². The number of nitriles is 1. The molecule has 126 valence electrons. The molecule has 1 amide bonds. The van der Waals surface area contributed by atoms with Gasteiger partial charge in [0.25, 0.3) is 5.91 Å². The number of hydrogen-bond acceptors (Lipinski definition) is 2. The summed E-state index contributed by atoms with van der Waals surface area (Å²) < 4.78 is 0. The maximum atomic E-state index is 12.5. The van der Waals surface area contributed by atoms with Gasteiger partial charge in [-0.05, 0) is 35.6 Å². The molecule has 0 aliphatic carbocycles. The molecule has 0 saturated carbocycles. The fraction of sp³-hybridized carbons (Fsp3) is 0.182. The van der Waals surface area contributed by atoms with E-state index in [0.29, 0.717) is 0 Å². The number of nitrogens with one attached hydrogen (secondary N) is 1. The highest BCUT2D eigenvalue weighted by molar-refractivity contribution is 6.07. The highest BCUT2D eigenvalue weighted by Crippen LogP contribution is 2.23. The lowest BCUT2D eigenvalue weighted by atomic mass is 10.0. The minimum atomic E-state index is -0.379. The Morgan fingerprint density at radius 3 is 2.24 bits per heavy atom. The van der Waals surface area contributed by atoms with Gasteiger partial charge < -0.3 is 5.32 Å². The Kier molecular flexibility index (Phi) is 6.74. The number of nitrogens with zero attached hydrogens (tertiary/aromatic N) is 1. The van der Waals surface area contributed by atoms with E-state index in [1.165, 1.54) is 0 Å². The van der Waals surface area contributed by atoms with Crippen molar-refractivity contribution in [1.29, 1.82) is 5.26 Å². The minimum absolute atomic E-state index is 0.0835. The Balaban J connectivity index is 2.20. The zero-order valence-corrected chi connectivity index (χ0v) is 14.6. The highest BCUT2D eigenvalue weighted by atomic mass is 16.1. The number of amides is 1. The minimum Gasteiger partial charge on any atom is -0.321 e. The normalized spacial score (nSPS) is 11.3. The van der Waals surface area contributed by atoms with Crippen LogP contribution in [0.2, 0.25) is 0 Å². The molecule has 0 radical (unpaired) electrons. The second-order valence-electron chi connectivity index (χ2n) is 5.57. The summed E-state index contributed by atoms with van der Waals surface area (Å²) in [4.78, 5) is 12.5. The maximum absolute atomic E-state index is 12.5. The van der Waals surface area contributed by atoms with Gasteiger partial charge in [0.1, 0.15) is 11.6 Å². The third kappa shape index (κ3) is 4.92. The Morgan fingerprint density at radius 2 is 1.68 bits per heavy atom. The van der Waals surface area contributed by atoms with Crippen LogP contribution in [0, 0.1) is 11.3 Å². The molecule has 3 heteroatoms. The summed E-state index contributed by atoms with van der Waals surface area (Å²) in [7, 11) is 0. The average molecular weight is 330 g/mol. The highest BCUT2D eigenvalue weighted by Gasteiger charge is 2.13. The predicted molar refractivity (Wildman–Crippen MR) is 103 cm³/mol. The first-order chi connectivity index (χ1) is 12.2. The number of aryl methyl sites for hydroxylation is 2. The lowest BCUT2D eigenvalue weighted by molar-refractivity contribution is -0.112. The summed E-state index contributed by atoms with van der Waals surface area (Å²) in [6, 6.07) is 17.7. The SMILES string of the molecule is CCc1cccc(CC)c1NC(=O)C(C#N)=CC=Cc1ccccc1. The third-order valence-electron chi connectivity index (χ3n) is 3.95. The molecule has 2 rings (SSSR count). The van der Waals surface area contributed by atoms with Crippen LogP contribution in [0.3, 0.4) is 0 Å². The van der Waals surface area contributed by atoms with Crippen molar-refractivity contribution in [2.24, 2.45) is 0 Å². The molecule has 3 nitrogen and oxygen atoms in total. The molecule has 0 atom stereocenters. The van der Waals surface area contributed by atoms with Gasteiger partial charge in [-0.2, -0.15) is 5.26 Å². The number of hydrogen-bond donors (Lipinski definition) is 1. The van der Waals surface area contributed by atoms with Crippen LogP contribution in [0.4, 0.5) is 5.69 Å². The summed E-state index contributed by atoms with van der Waals surface area (Å²) in [5, 5.41) is 12.2. The standard InChI is InChI=1S/C22H22N2O/c1-3-18-13-9-14-19(4-2)21(18)24-22(25)20(16-23)15-8-12-17-10-6-5-7-11-17/h5-15H,3-4H2,1-2H3,(H,24,25). The van der Waals surface area contributed by atoms with Gasteiger partial charge in [-0.25, -0.2) is 0 Å². The van der Waals surface area contributed by atoms with E-state index in [1.54, 1.807) is 12.2 Å². The van der Waals surface area contributed by atoms with Crippen LogP contribution in [0.5, 0.6) is 0 Å². The Morgan fingerprint density at radius 1 is 1.04 bits per heavy atom. The van der Waals surface area contributed by atoms with E-state index in [4.69, 9.17) is 0 Å². The van der Waals surface area contributed by atoms with Gasteiger partial charge in [-0.1, -0.05) is 74.5 Å². The summed E-state index contributed by atoms with van der Waals surface area (Å²) in [5.41, 5.74) is 4.07. The molecule has 0 saturated heterocycles. The molecule has 2 aromatic rings. The van der Waals surface area contributed by atoms with Gasteiger partial charge in [0, 0.05) is 5.69 Å². The van der Waals surface area contributed by atoms with E-state index >= 15 is 0 Å². The number of anilines is 1. The van der Waals surface area contributed by atoms with E-state index in [9.17, 15) is 10.1 Å². The Bertz CT molecular complexity index is 805. The second kappa shape index (κ2) is 9.24. The van der Waals surface area contributed by atoms with E-state index in [-0.39, 0.29) is 11.5 Å². The van der Waals surface area contributed by atoms with Gasteiger partial charge in [-0.15, -0.1) is 0 Å². The first kappa shape index (κ1) is 18.2. The molecule has 0 aliphatic rings. The molecule has 0 spiro atoms. The smallest absolute Gasteiger partial charge is 0.266 e. The van der Waals surface area contributed by atoms with Crippen LogP contribution < -0.4 is 5.32 Å². The molecular weight excluding hydrogens is 308 g/mol. The first-order valence-corrected chi connectivity index (χ1v) is 8.45. The molecule has 0 heterocycles. The summed E-state index contributed by atoms with van der Waals surface area (Å²) in [5.74, 6) is -0.379. The van der Waals surface area contributed by atoms with Gasteiger partial charge in [-0.3, -0.25) is 4.79 Å². The molecule has 0 aliphatic heterocycles. The molecule has 0 aromatic heterocycles. The predicted octanol–water partition coefficient (Wildman–Crippen LogP) is 4.91.